The molecule has 0 saturated carbocycles. The van der Waals surface area contributed by atoms with Gasteiger partial charge in [0.25, 0.3) is 0 Å². The predicted octanol–water partition coefficient (Wildman–Crippen LogP) is 4.27. The fourth-order valence-corrected chi connectivity index (χ4v) is 2.19. The van der Waals surface area contributed by atoms with Gasteiger partial charge in [-0.2, -0.15) is 0 Å². The van der Waals surface area contributed by atoms with E-state index in [9.17, 15) is 0 Å². The van der Waals surface area contributed by atoms with Crippen molar-refractivity contribution in [3.05, 3.63) is 24.3 Å². The van der Waals surface area contributed by atoms with Crippen LogP contribution in [0, 0.1) is 5.92 Å². The number of ether oxygens (including phenoxy) is 2. The summed E-state index contributed by atoms with van der Waals surface area (Å²) in [5.41, 5.74) is 0. The Labute approximate surface area is 130 Å². The van der Waals surface area contributed by atoms with Crippen molar-refractivity contribution in [2.45, 2.75) is 46.0 Å². The number of hydrogen-bond acceptors (Lipinski definition) is 3. The van der Waals surface area contributed by atoms with E-state index >= 15 is 0 Å². The third kappa shape index (κ3) is 9.35. The quantitative estimate of drug-likeness (QED) is 0.584. The van der Waals surface area contributed by atoms with Crippen molar-refractivity contribution in [1.29, 1.82) is 0 Å². The Morgan fingerprint density at radius 2 is 1.57 bits per heavy atom. The summed E-state index contributed by atoms with van der Waals surface area (Å²) < 4.78 is 10.8. The lowest BCUT2D eigenvalue weighted by molar-refractivity contribution is 0.312. The van der Waals surface area contributed by atoms with E-state index in [1.807, 2.05) is 24.3 Å². The molecular weight excluding hydrogens is 262 g/mol. The van der Waals surface area contributed by atoms with Crippen LogP contribution in [0.25, 0.3) is 0 Å². The molecule has 0 bridgehead atoms. The van der Waals surface area contributed by atoms with Crippen LogP contribution < -0.4 is 14.8 Å². The van der Waals surface area contributed by atoms with E-state index in [1.165, 1.54) is 32.1 Å². The molecule has 120 valence electrons. The maximum absolute atomic E-state index is 5.66. The fraction of sp³-hybridized carbons (Fsp3) is 0.667. The molecule has 0 saturated heterocycles. The van der Waals surface area contributed by atoms with Gasteiger partial charge in [0.2, 0.25) is 0 Å². The molecule has 3 heteroatoms. The standard InChI is InChI=1S/C18H31NO2/c1-16(2)8-6-4-5-7-13-19-14-15-21-18-11-9-17(20-3)10-12-18/h9-12,16,19H,4-8,13-15H2,1-3H3. The normalized spacial score (nSPS) is 10.9. The average molecular weight is 293 g/mol. The molecule has 0 atom stereocenters. The zero-order chi connectivity index (χ0) is 15.3. The Balaban J connectivity index is 1.90. The van der Waals surface area contributed by atoms with Gasteiger partial charge in [0.05, 0.1) is 7.11 Å². The molecule has 0 amide bonds. The van der Waals surface area contributed by atoms with Gasteiger partial charge in [0.1, 0.15) is 18.1 Å². The first-order valence-corrected chi connectivity index (χ1v) is 8.20. The minimum Gasteiger partial charge on any atom is -0.497 e. The Bertz CT molecular complexity index is 349. The number of hydrogen-bond donors (Lipinski definition) is 1. The molecule has 0 spiro atoms. The SMILES string of the molecule is COc1ccc(OCCNCCCCCCC(C)C)cc1. The van der Waals surface area contributed by atoms with Crippen molar-refractivity contribution in [2.75, 3.05) is 26.8 Å². The Hall–Kier alpha value is -1.22. The highest BCUT2D eigenvalue weighted by Gasteiger charge is 1.96. The van der Waals surface area contributed by atoms with Crippen LogP contribution in [0.5, 0.6) is 11.5 Å². The molecule has 0 radical (unpaired) electrons. The predicted molar refractivity (Wildman–Crippen MR) is 89.3 cm³/mol. The van der Waals surface area contributed by atoms with Crippen LogP contribution in [0.4, 0.5) is 0 Å². The van der Waals surface area contributed by atoms with Gasteiger partial charge >= 0.3 is 0 Å². The van der Waals surface area contributed by atoms with Crippen LogP contribution in [-0.4, -0.2) is 26.8 Å². The summed E-state index contributed by atoms with van der Waals surface area (Å²) in [5, 5.41) is 3.43. The molecule has 21 heavy (non-hydrogen) atoms. The molecule has 1 rings (SSSR count). The van der Waals surface area contributed by atoms with E-state index in [4.69, 9.17) is 9.47 Å². The minimum absolute atomic E-state index is 0.708. The van der Waals surface area contributed by atoms with Crippen LogP contribution in [0.15, 0.2) is 24.3 Å². The number of methoxy groups -OCH3 is 1. The zero-order valence-corrected chi connectivity index (χ0v) is 13.9. The lowest BCUT2D eigenvalue weighted by atomic mass is 10.0. The molecule has 0 unspecified atom stereocenters. The molecule has 1 N–H and O–H groups in total. The summed E-state index contributed by atoms with van der Waals surface area (Å²) in [6, 6.07) is 7.71. The van der Waals surface area contributed by atoms with E-state index in [2.05, 4.69) is 19.2 Å². The van der Waals surface area contributed by atoms with Gasteiger partial charge in [-0.15, -0.1) is 0 Å². The van der Waals surface area contributed by atoms with Crippen molar-refractivity contribution < 1.29 is 9.47 Å². The first kappa shape index (κ1) is 17.8. The molecule has 0 aliphatic carbocycles. The van der Waals surface area contributed by atoms with Gasteiger partial charge in [-0.25, -0.2) is 0 Å². The molecule has 0 fully saturated rings. The van der Waals surface area contributed by atoms with Crippen molar-refractivity contribution in [3.63, 3.8) is 0 Å². The fourth-order valence-electron chi connectivity index (χ4n) is 2.19. The average Bonchev–Trinajstić information content (AvgIpc) is 2.49. The van der Waals surface area contributed by atoms with Crippen LogP contribution in [0.3, 0.4) is 0 Å². The van der Waals surface area contributed by atoms with Gasteiger partial charge in [0, 0.05) is 6.54 Å². The highest BCUT2D eigenvalue weighted by Crippen LogP contribution is 2.16. The van der Waals surface area contributed by atoms with E-state index in [0.717, 1.165) is 30.5 Å². The van der Waals surface area contributed by atoms with Gasteiger partial charge in [-0.05, 0) is 43.1 Å². The minimum atomic E-state index is 0.708. The maximum atomic E-state index is 5.66. The molecule has 3 nitrogen and oxygen atoms in total. The van der Waals surface area contributed by atoms with E-state index < -0.39 is 0 Å². The summed E-state index contributed by atoms with van der Waals surface area (Å²) in [6.07, 6.45) is 6.70. The molecule has 0 aliphatic heterocycles. The lowest BCUT2D eigenvalue weighted by Gasteiger charge is -2.08. The zero-order valence-electron chi connectivity index (χ0n) is 13.9. The van der Waals surface area contributed by atoms with Gasteiger partial charge < -0.3 is 14.8 Å². The van der Waals surface area contributed by atoms with Gasteiger partial charge in [0.15, 0.2) is 0 Å². The Morgan fingerprint density at radius 3 is 2.24 bits per heavy atom. The third-order valence-electron chi connectivity index (χ3n) is 3.49. The van der Waals surface area contributed by atoms with Gasteiger partial charge in [-0.1, -0.05) is 39.5 Å². The summed E-state index contributed by atoms with van der Waals surface area (Å²) in [5.74, 6) is 2.60. The van der Waals surface area contributed by atoms with Crippen LogP contribution in [-0.2, 0) is 0 Å². The van der Waals surface area contributed by atoms with E-state index in [0.29, 0.717) is 6.61 Å². The monoisotopic (exact) mass is 293 g/mol. The number of benzene rings is 1. The number of rotatable bonds is 12. The second kappa shape index (κ2) is 11.4. The molecule has 0 heterocycles. The topological polar surface area (TPSA) is 30.5 Å². The highest BCUT2D eigenvalue weighted by atomic mass is 16.5. The molecule has 0 aliphatic rings. The Morgan fingerprint density at radius 1 is 0.905 bits per heavy atom. The third-order valence-corrected chi connectivity index (χ3v) is 3.49. The smallest absolute Gasteiger partial charge is 0.119 e. The lowest BCUT2D eigenvalue weighted by Crippen LogP contribution is -2.22. The summed E-state index contributed by atoms with van der Waals surface area (Å²) in [4.78, 5) is 0. The number of unbranched alkanes of at least 4 members (excludes halogenated alkanes) is 3. The van der Waals surface area contributed by atoms with Crippen molar-refractivity contribution in [1.82, 2.24) is 5.32 Å². The molecule has 0 aromatic heterocycles. The Kier molecular flexibility index (Phi) is 9.71. The molecular formula is C18H31NO2. The molecule has 1 aromatic carbocycles. The number of nitrogens with one attached hydrogen (secondary N) is 1. The van der Waals surface area contributed by atoms with Crippen LogP contribution in [0.1, 0.15) is 46.0 Å². The summed E-state index contributed by atoms with van der Waals surface area (Å²) >= 11 is 0. The highest BCUT2D eigenvalue weighted by molar-refractivity contribution is 5.31. The van der Waals surface area contributed by atoms with Crippen LogP contribution in [0.2, 0.25) is 0 Å². The van der Waals surface area contributed by atoms with Gasteiger partial charge in [-0.3, -0.25) is 0 Å². The van der Waals surface area contributed by atoms with Crippen molar-refractivity contribution >= 4 is 0 Å². The van der Waals surface area contributed by atoms with Crippen LogP contribution >= 0.6 is 0 Å². The maximum Gasteiger partial charge on any atom is 0.119 e. The van der Waals surface area contributed by atoms with E-state index in [1.54, 1.807) is 7.11 Å². The first-order valence-electron chi connectivity index (χ1n) is 8.20. The first-order chi connectivity index (χ1) is 10.2. The summed E-state index contributed by atoms with van der Waals surface area (Å²) in [6.45, 7) is 7.29. The largest absolute Gasteiger partial charge is 0.497 e. The second-order valence-electron chi connectivity index (χ2n) is 5.87. The molecule has 1 aromatic rings. The van der Waals surface area contributed by atoms with E-state index in [-0.39, 0.29) is 0 Å². The summed E-state index contributed by atoms with van der Waals surface area (Å²) in [7, 11) is 1.67. The van der Waals surface area contributed by atoms with Crippen molar-refractivity contribution in [2.24, 2.45) is 5.92 Å². The van der Waals surface area contributed by atoms with Crippen molar-refractivity contribution in [3.8, 4) is 11.5 Å². The second-order valence-corrected chi connectivity index (χ2v) is 5.87.